The molecule has 0 saturated carbocycles. The third-order valence-electron chi connectivity index (χ3n) is 3.52. The van der Waals surface area contributed by atoms with Gasteiger partial charge in [-0.15, -0.1) is 0 Å². The fourth-order valence-electron chi connectivity index (χ4n) is 2.14. The molecule has 0 bridgehead atoms. The van der Waals surface area contributed by atoms with E-state index in [1.165, 1.54) is 0 Å². The Hall–Kier alpha value is -2.44. The van der Waals surface area contributed by atoms with Crippen LogP contribution >= 0.6 is 11.6 Å². The van der Waals surface area contributed by atoms with Gasteiger partial charge in [-0.3, -0.25) is 4.57 Å². The van der Waals surface area contributed by atoms with Crippen molar-refractivity contribution in [1.82, 2.24) is 9.55 Å². The largest absolute Gasteiger partial charge is 0.482 e. The molecule has 0 spiro atoms. The van der Waals surface area contributed by atoms with Crippen LogP contribution in [0.1, 0.15) is 16.8 Å². The van der Waals surface area contributed by atoms with Crippen molar-refractivity contribution in [3.05, 3.63) is 45.7 Å². The van der Waals surface area contributed by atoms with E-state index in [1.807, 2.05) is 0 Å². The summed E-state index contributed by atoms with van der Waals surface area (Å²) in [6, 6.07) is 0.432. The van der Waals surface area contributed by atoms with E-state index in [9.17, 15) is 39.5 Å². The van der Waals surface area contributed by atoms with Crippen molar-refractivity contribution in [2.24, 2.45) is 12.0 Å². The molecule has 160 valence electrons. The number of hydrogen-bond acceptors (Lipinski definition) is 3. The number of alkyl halides is 9. The lowest BCUT2D eigenvalue weighted by Crippen LogP contribution is -2.27. The molecule has 4 nitrogen and oxygen atoms in total. The van der Waals surface area contributed by atoms with E-state index < -0.39 is 57.6 Å². The van der Waals surface area contributed by atoms with Crippen LogP contribution in [-0.4, -0.2) is 16.7 Å². The van der Waals surface area contributed by atoms with Crippen molar-refractivity contribution >= 4 is 17.3 Å². The smallest absolute Gasteiger partial charge is 0.433 e. The van der Waals surface area contributed by atoms with Crippen molar-refractivity contribution in [1.29, 1.82) is 0 Å². The maximum Gasteiger partial charge on any atom is 0.433 e. The van der Waals surface area contributed by atoms with E-state index in [0.717, 1.165) is 18.7 Å². The van der Waals surface area contributed by atoms with Crippen LogP contribution in [0.4, 0.5) is 45.2 Å². The minimum Gasteiger partial charge on any atom is -0.482 e. The normalized spacial score (nSPS) is 13.7. The molecule has 2 aromatic rings. The van der Waals surface area contributed by atoms with Crippen LogP contribution in [0.2, 0.25) is 5.02 Å². The Morgan fingerprint density at radius 2 is 1.52 bits per heavy atom. The summed E-state index contributed by atoms with van der Waals surface area (Å²) in [6.45, 7) is 0. The van der Waals surface area contributed by atoms with Crippen LogP contribution in [0.3, 0.4) is 0 Å². The molecule has 0 saturated heterocycles. The molecule has 0 atom stereocenters. The summed E-state index contributed by atoms with van der Waals surface area (Å²) < 4.78 is 123. The zero-order valence-electron chi connectivity index (χ0n) is 14.3. The second-order valence-electron chi connectivity index (χ2n) is 5.50. The minimum absolute atomic E-state index is 0.173. The zero-order valence-corrected chi connectivity index (χ0v) is 15.0. The van der Waals surface area contributed by atoms with Gasteiger partial charge in [-0.25, -0.2) is 9.98 Å². The molecule has 29 heavy (non-hydrogen) atoms. The Balaban J connectivity index is 2.90. The first kappa shape index (κ1) is 22.8. The van der Waals surface area contributed by atoms with Gasteiger partial charge in [-0.05, 0) is 12.1 Å². The molecule has 0 aliphatic rings. The minimum atomic E-state index is -5.27. The quantitative estimate of drug-likeness (QED) is 0.574. The number of methoxy groups -OCH3 is 1. The third-order valence-corrected chi connectivity index (χ3v) is 3.91. The molecule has 0 aliphatic heterocycles. The van der Waals surface area contributed by atoms with E-state index in [4.69, 9.17) is 16.3 Å². The monoisotopic (exact) mass is 453 g/mol. The zero-order chi connectivity index (χ0) is 22.4. The SMILES string of the molecule is COc1cc(C(F)(F)F)nc(=Nc2cc(C(F)(F)F)cc(C(F)(F)F)c2Cl)n1C. The number of benzene rings is 1. The Morgan fingerprint density at radius 3 is 1.97 bits per heavy atom. The average Bonchev–Trinajstić information content (AvgIpc) is 2.55. The van der Waals surface area contributed by atoms with Crippen molar-refractivity contribution in [2.75, 3.05) is 7.11 Å². The number of halogens is 10. The van der Waals surface area contributed by atoms with E-state index in [0.29, 0.717) is 6.07 Å². The van der Waals surface area contributed by atoms with E-state index in [-0.39, 0.29) is 12.1 Å². The van der Waals surface area contributed by atoms with E-state index in [2.05, 4.69) is 9.98 Å². The molecule has 1 aromatic heterocycles. The van der Waals surface area contributed by atoms with E-state index >= 15 is 0 Å². The number of hydrogen-bond donors (Lipinski definition) is 0. The first-order chi connectivity index (χ1) is 13.1. The summed E-state index contributed by atoms with van der Waals surface area (Å²) in [6.07, 6.45) is -15.5. The maximum atomic E-state index is 13.1. The van der Waals surface area contributed by atoms with Crippen LogP contribution in [-0.2, 0) is 25.6 Å². The Morgan fingerprint density at radius 1 is 0.931 bits per heavy atom. The van der Waals surface area contributed by atoms with Gasteiger partial charge in [0.2, 0.25) is 5.62 Å². The van der Waals surface area contributed by atoms with Gasteiger partial charge in [0, 0.05) is 13.1 Å². The highest BCUT2D eigenvalue weighted by Gasteiger charge is 2.39. The second-order valence-corrected chi connectivity index (χ2v) is 5.88. The van der Waals surface area contributed by atoms with Crippen LogP contribution in [0.25, 0.3) is 0 Å². The van der Waals surface area contributed by atoms with Gasteiger partial charge in [-0.1, -0.05) is 11.6 Å². The maximum absolute atomic E-state index is 13.1. The van der Waals surface area contributed by atoms with Crippen LogP contribution < -0.4 is 10.4 Å². The Bertz CT molecular complexity index is 991. The topological polar surface area (TPSA) is 39.4 Å². The summed E-state index contributed by atoms with van der Waals surface area (Å²) in [5, 5.41) is -1.23. The van der Waals surface area contributed by atoms with Gasteiger partial charge in [0.15, 0.2) is 11.6 Å². The summed E-state index contributed by atoms with van der Waals surface area (Å²) in [5.74, 6) is -0.454. The van der Waals surface area contributed by atoms with Gasteiger partial charge in [0.05, 0.1) is 28.9 Å². The fraction of sp³-hybridized carbons (Fsp3) is 0.333. The van der Waals surface area contributed by atoms with Crippen molar-refractivity contribution in [3.63, 3.8) is 0 Å². The highest BCUT2D eigenvalue weighted by Crippen LogP contribution is 2.43. The molecule has 0 unspecified atom stereocenters. The molecular weight excluding hydrogens is 445 g/mol. The van der Waals surface area contributed by atoms with Crippen molar-refractivity contribution < 1.29 is 44.3 Å². The molecular formula is C15H9ClF9N3O. The lowest BCUT2D eigenvalue weighted by molar-refractivity contribution is -0.143. The lowest BCUT2D eigenvalue weighted by atomic mass is 10.1. The van der Waals surface area contributed by atoms with Crippen LogP contribution in [0.5, 0.6) is 5.88 Å². The van der Waals surface area contributed by atoms with Crippen LogP contribution in [0.15, 0.2) is 23.2 Å². The number of aromatic nitrogens is 2. The molecule has 2 rings (SSSR count). The Labute approximate surface area is 161 Å². The van der Waals surface area contributed by atoms with Gasteiger partial charge < -0.3 is 4.74 Å². The van der Waals surface area contributed by atoms with Gasteiger partial charge in [0.25, 0.3) is 0 Å². The van der Waals surface area contributed by atoms with Gasteiger partial charge in [0.1, 0.15) is 0 Å². The molecule has 1 heterocycles. The van der Waals surface area contributed by atoms with E-state index in [1.54, 1.807) is 0 Å². The molecule has 0 amide bonds. The molecule has 0 aliphatic carbocycles. The average molecular weight is 454 g/mol. The predicted molar refractivity (Wildman–Crippen MR) is 81.4 cm³/mol. The van der Waals surface area contributed by atoms with Crippen molar-refractivity contribution in [3.8, 4) is 5.88 Å². The third kappa shape index (κ3) is 4.95. The predicted octanol–water partition coefficient (Wildman–Crippen LogP) is 5.37. The summed E-state index contributed by atoms with van der Waals surface area (Å²) in [4.78, 5) is 6.55. The highest BCUT2D eigenvalue weighted by atomic mass is 35.5. The lowest BCUT2D eigenvalue weighted by Gasteiger charge is -2.15. The molecule has 0 fully saturated rings. The number of nitrogens with zero attached hydrogens (tertiary/aromatic N) is 3. The molecule has 14 heteroatoms. The standard InChI is InChI=1S/C15H9ClF9N3O/c1-28-10(29-2)5-9(15(23,24)25)27-12(28)26-8-4-6(13(17,18)19)3-7(11(8)16)14(20,21)22/h3-5H,1-2H3. The van der Waals surface area contributed by atoms with Gasteiger partial charge in [-0.2, -0.15) is 39.5 Å². The van der Waals surface area contributed by atoms with Crippen molar-refractivity contribution in [2.45, 2.75) is 18.5 Å². The first-order valence-electron chi connectivity index (χ1n) is 7.27. The summed E-state index contributed by atoms with van der Waals surface area (Å²) in [7, 11) is 2.09. The first-order valence-corrected chi connectivity index (χ1v) is 7.65. The molecule has 0 N–H and O–H groups in total. The second kappa shape index (κ2) is 7.43. The molecule has 1 aromatic carbocycles. The highest BCUT2D eigenvalue weighted by molar-refractivity contribution is 6.33. The van der Waals surface area contributed by atoms with Gasteiger partial charge >= 0.3 is 18.5 Å². The fourth-order valence-corrected chi connectivity index (χ4v) is 2.40. The number of rotatable bonds is 2. The summed E-state index contributed by atoms with van der Waals surface area (Å²) in [5.41, 5.74) is -7.07. The van der Waals surface area contributed by atoms with Crippen LogP contribution in [0, 0.1) is 0 Å². The molecule has 0 radical (unpaired) electrons. The Kier molecular flexibility index (Phi) is 5.85. The summed E-state index contributed by atoms with van der Waals surface area (Å²) >= 11 is 5.55. The number of ether oxygens (including phenoxy) is 1.